The van der Waals surface area contributed by atoms with Crippen LogP contribution in [0.1, 0.15) is 16.2 Å². The van der Waals surface area contributed by atoms with E-state index in [4.69, 9.17) is 14.2 Å². The number of halogens is 3. The van der Waals surface area contributed by atoms with Crippen molar-refractivity contribution in [3.8, 4) is 5.75 Å². The molecule has 1 aliphatic rings. The summed E-state index contributed by atoms with van der Waals surface area (Å²) in [5.41, 5.74) is -0.859. The maximum Gasteiger partial charge on any atom is 0.433 e. The first-order valence-electron chi connectivity index (χ1n) is 11.1. The van der Waals surface area contributed by atoms with Crippen LogP contribution in [-0.2, 0) is 27.0 Å². The Kier molecular flexibility index (Phi) is 7.70. The summed E-state index contributed by atoms with van der Waals surface area (Å²) in [7, 11) is 1.50. The number of nitrogens with one attached hydrogen (secondary N) is 1. The van der Waals surface area contributed by atoms with E-state index in [1.807, 2.05) is 0 Å². The Morgan fingerprint density at radius 3 is 2.67 bits per heavy atom. The Labute approximate surface area is 203 Å². The number of hydrogen-bond donors (Lipinski definition) is 1. The zero-order chi connectivity index (χ0) is 25.7. The van der Waals surface area contributed by atoms with Crippen LogP contribution in [0.25, 0.3) is 10.9 Å². The summed E-state index contributed by atoms with van der Waals surface area (Å²) in [6.45, 7) is 2.43. The number of morpholine rings is 1. The van der Waals surface area contributed by atoms with E-state index in [9.17, 15) is 22.8 Å². The molecule has 3 heterocycles. The van der Waals surface area contributed by atoms with Gasteiger partial charge in [-0.25, -0.2) is 4.98 Å². The average Bonchev–Trinajstić information content (AvgIpc) is 3.25. The van der Waals surface area contributed by atoms with Crippen LogP contribution in [0.2, 0.25) is 0 Å². The zero-order valence-electron chi connectivity index (χ0n) is 19.4. The predicted octanol–water partition coefficient (Wildman–Crippen LogP) is 2.59. The van der Waals surface area contributed by atoms with Gasteiger partial charge < -0.3 is 24.4 Å². The highest BCUT2D eigenvalue weighted by atomic mass is 19.4. The lowest BCUT2D eigenvalue weighted by Crippen LogP contribution is -2.42. The number of amides is 2. The molecule has 1 aliphatic heterocycles. The minimum Gasteiger partial charge on any atom is -0.489 e. The third-order valence-electron chi connectivity index (χ3n) is 5.38. The van der Waals surface area contributed by atoms with E-state index in [2.05, 4.69) is 15.4 Å². The summed E-state index contributed by atoms with van der Waals surface area (Å²) in [5, 5.41) is 7.59. The van der Waals surface area contributed by atoms with Crippen LogP contribution in [0.5, 0.6) is 5.75 Å². The molecule has 36 heavy (non-hydrogen) atoms. The zero-order valence-corrected chi connectivity index (χ0v) is 19.4. The Balaban J connectivity index is 1.58. The van der Waals surface area contributed by atoms with Crippen molar-refractivity contribution in [3.63, 3.8) is 0 Å². The van der Waals surface area contributed by atoms with Crippen LogP contribution in [0, 0.1) is 0 Å². The highest BCUT2D eigenvalue weighted by Gasteiger charge is 2.33. The molecule has 0 unspecified atom stereocenters. The molecule has 0 radical (unpaired) electrons. The summed E-state index contributed by atoms with van der Waals surface area (Å²) >= 11 is 0. The van der Waals surface area contributed by atoms with E-state index >= 15 is 0 Å². The smallest absolute Gasteiger partial charge is 0.433 e. The van der Waals surface area contributed by atoms with Gasteiger partial charge in [0.2, 0.25) is 5.91 Å². The molecule has 0 aliphatic carbocycles. The van der Waals surface area contributed by atoms with E-state index in [1.54, 1.807) is 23.2 Å². The lowest BCUT2D eigenvalue weighted by molar-refractivity contribution is -0.141. The van der Waals surface area contributed by atoms with Gasteiger partial charge in [0, 0.05) is 37.8 Å². The van der Waals surface area contributed by atoms with Gasteiger partial charge in [-0.2, -0.15) is 18.3 Å². The van der Waals surface area contributed by atoms with Crippen molar-refractivity contribution in [1.82, 2.24) is 19.7 Å². The molecule has 2 aromatic heterocycles. The average molecular weight is 507 g/mol. The van der Waals surface area contributed by atoms with Crippen LogP contribution in [-0.4, -0.2) is 78.1 Å². The quantitative estimate of drug-likeness (QED) is 0.467. The van der Waals surface area contributed by atoms with Crippen LogP contribution < -0.4 is 10.1 Å². The van der Waals surface area contributed by atoms with Crippen molar-refractivity contribution in [1.29, 1.82) is 0 Å². The third-order valence-corrected chi connectivity index (χ3v) is 5.38. The molecular weight excluding hydrogens is 483 g/mol. The molecule has 1 fully saturated rings. The Hall–Kier alpha value is -3.71. The standard InChI is InChI=1S/C23H24F3N5O5/c1-34-9-10-36-19-12-17-15(13-31(29-17)14-21(32)30-5-7-35-8-6-30)11-18(19)28-22(33)16-3-2-4-20(27-16)23(24,25)26/h2-4,11-13H,5-10,14H2,1H3,(H,28,33). The lowest BCUT2D eigenvalue weighted by Gasteiger charge is -2.26. The fourth-order valence-electron chi connectivity index (χ4n) is 3.59. The monoisotopic (exact) mass is 507 g/mol. The van der Waals surface area contributed by atoms with Crippen LogP contribution in [0.15, 0.2) is 36.5 Å². The van der Waals surface area contributed by atoms with Crippen molar-refractivity contribution in [3.05, 3.63) is 47.9 Å². The fourth-order valence-corrected chi connectivity index (χ4v) is 3.59. The molecule has 3 aromatic rings. The summed E-state index contributed by atoms with van der Waals surface area (Å²) < 4.78 is 56.5. The number of aromatic nitrogens is 3. The molecule has 1 saturated heterocycles. The van der Waals surface area contributed by atoms with Gasteiger partial charge in [0.1, 0.15) is 30.3 Å². The van der Waals surface area contributed by atoms with Gasteiger partial charge in [0.05, 0.1) is 31.0 Å². The number of ether oxygens (including phenoxy) is 3. The molecule has 192 valence electrons. The lowest BCUT2D eigenvalue weighted by atomic mass is 10.2. The Bertz CT molecular complexity index is 1240. The van der Waals surface area contributed by atoms with Gasteiger partial charge in [-0.05, 0) is 18.2 Å². The maximum absolute atomic E-state index is 13.0. The number of nitrogens with zero attached hydrogens (tertiary/aromatic N) is 4. The molecule has 0 atom stereocenters. The van der Waals surface area contributed by atoms with Crippen LogP contribution in [0.4, 0.5) is 18.9 Å². The van der Waals surface area contributed by atoms with Gasteiger partial charge in [-0.15, -0.1) is 0 Å². The molecule has 0 spiro atoms. The van der Waals surface area contributed by atoms with Gasteiger partial charge in [0.15, 0.2) is 0 Å². The first-order valence-corrected chi connectivity index (χ1v) is 11.1. The van der Waals surface area contributed by atoms with Gasteiger partial charge in [0.25, 0.3) is 5.91 Å². The number of methoxy groups -OCH3 is 1. The van der Waals surface area contributed by atoms with Gasteiger partial charge in [-0.1, -0.05) is 6.07 Å². The van der Waals surface area contributed by atoms with Crippen molar-refractivity contribution in [2.24, 2.45) is 0 Å². The SMILES string of the molecule is COCCOc1cc2nn(CC(=O)N3CCOCC3)cc2cc1NC(=O)c1cccc(C(F)(F)F)n1. The summed E-state index contributed by atoms with van der Waals surface area (Å²) in [6.07, 6.45) is -3.04. The van der Waals surface area contributed by atoms with Crippen molar-refractivity contribution >= 4 is 28.4 Å². The number of pyridine rings is 1. The van der Waals surface area contributed by atoms with E-state index in [0.717, 1.165) is 12.1 Å². The van der Waals surface area contributed by atoms with E-state index < -0.39 is 23.5 Å². The van der Waals surface area contributed by atoms with E-state index in [0.29, 0.717) is 37.2 Å². The topological polar surface area (TPSA) is 108 Å². The van der Waals surface area contributed by atoms with Crippen molar-refractivity contribution in [2.75, 3.05) is 51.9 Å². The molecule has 1 aromatic carbocycles. The summed E-state index contributed by atoms with van der Waals surface area (Å²) in [5.74, 6) is -0.705. The maximum atomic E-state index is 13.0. The van der Waals surface area contributed by atoms with Crippen molar-refractivity contribution in [2.45, 2.75) is 12.7 Å². The predicted molar refractivity (Wildman–Crippen MR) is 122 cm³/mol. The number of carbonyl (C=O) groups is 2. The van der Waals surface area contributed by atoms with Gasteiger partial charge >= 0.3 is 6.18 Å². The first kappa shape index (κ1) is 25.4. The number of benzene rings is 1. The third kappa shape index (κ3) is 6.10. The highest BCUT2D eigenvalue weighted by Crippen LogP contribution is 2.31. The number of alkyl halides is 3. The number of carbonyl (C=O) groups excluding carboxylic acids is 2. The molecule has 13 heteroatoms. The molecule has 2 amide bonds. The van der Waals surface area contributed by atoms with Crippen molar-refractivity contribution < 1.29 is 37.0 Å². The molecule has 10 nitrogen and oxygen atoms in total. The number of rotatable bonds is 8. The Morgan fingerprint density at radius 2 is 1.94 bits per heavy atom. The van der Waals surface area contributed by atoms with E-state index in [1.165, 1.54) is 17.9 Å². The fraction of sp³-hybridized carbons (Fsp3) is 0.391. The number of hydrogen-bond acceptors (Lipinski definition) is 7. The molecular formula is C23H24F3N5O5. The second-order valence-corrected chi connectivity index (χ2v) is 7.93. The first-order chi connectivity index (χ1) is 17.2. The Morgan fingerprint density at radius 1 is 1.17 bits per heavy atom. The largest absolute Gasteiger partial charge is 0.489 e. The molecule has 1 N–H and O–H groups in total. The number of anilines is 1. The second kappa shape index (κ2) is 10.9. The minimum absolute atomic E-state index is 0.0182. The number of fused-ring (bicyclic) bond motifs is 1. The van der Waals surface area contributed by atoms with E-state index in [-0.39, 0.29) is 37.1 Å². The highest BCUT2D eigenvalue weighted by molar-refractivity contribution is 6.05. The van der Waals surface area contributed by atoms with Crippen LogP contribution >= 0.6 is 0 Å². The molecule has 0 bridgehead atoms. The molecule has 4 rings (SSSR count). The minimum atomic E-state index is -4.68. The summed E-state index contributed by atoms with van der Waals surface area (Å²) in [4.78, 5) is 30.4. The molecule has 0 saturated carbocycles. The second-order valence-electron chi connectivity index (χ2n) is 7.93. The van der Waals surface area contributed by atoms with Crippen LogP contribution in [0.3, 0.4) is 0 Å². The van der Waals surface area contributed by atoms with Gasteiger partial charge in [-0.3, -0.25) is 14.3 Å². The normalized spacial score (nSPS) is 14.2. The summed E-state index contributed by atoms with van der Waals surface area (Å²) in [6, 6.07) is 6.24.